The minimum absolute atomic E-state index is 0.852. The second-order valence-electron chi connectivity index (χ2n) is 2.24. The molecular formula is C10H15NO. The summed E-state index contributed by atoms with van der Waals surface area (Å²) in [6.07, 6.45) is 0. The molecule has 0 fully saturated rings. The van der Waals surface area contributed by atoms with E-state index in [2.05, 4.69) is 18.1 Å². The smallest absolute Gasteiger partial charge is 0.140 e. The van der Waals surface area contributed by atoms with Crippen LogP contribution in [-0.4, -0.2) is 12.1 Å². The second-order valence-corrected chi connectivity index (χ2v) is 2.24. The topological polar surface area (TPSA) is 22.1 Å². The molecule has 0 atom stereocenters. The number of methoxy groups -OCH3 is 1. The average Bonchev–Trinajstić information content (AvgIpc) is 2.08. The van der Waals surface area contributed by atoms with Crippen molar-refractivity contribution in [2.75, 3.05) is 7.11 Å². The van der Waals surface area contributed by atoms with Crippen molar-refractivity contribution >= 4 is 0 Å². The number of aromatic nitrogens is 1. The summed E-state index contributed by atoms with van der Waals surface area (Å²) in [6.45, 7) is 9.90. The van der Waals surface area contributed by atoms with Gasteiger partial charge in [-0.1, -0.05) is 0 Å². The van der Waals surface area contributed by atoms with E-state index in [0.717, 1.165) is 17.1 Å². The van der Waals surface area contributed by atoms with Crippen LogP contribution < -0.4 is 4.74 Å². The fourth-order valence-electron chi connectivity index (χ4n) is 0.890. The average molecular weight is 165 g/mol. The molecular weight excluding hydrogens is 150 g/mol. The number of ether oxygens (including phenoxy) is 1. The summed E-state index contributed by atoms with van der Waals surface area (Å²) in [5, 5.41) is 0. The summed E-state index contributed by atoms with van der Waals surface area (Å²) in [5.74, 6) is 0.852. The van der Waals surface area contributed by atoms with Crippen molar-refractivity contribution in [1.82, 2.24) is 4.98 Å². The lowest BCUT2D eigenvalue weighted by atomic mass is 10.3. The summed E-state index contributed by atoms with van der Waals surface area (Å²) < 4.78 is 5.04. The molecule has 0 aromatic carbocycles. The van der Waals surface area contributed by atoms with Crippen LogP contribution >= 0.6 is 0 Å². The summed E-state index contributed by atoms with van der Waals surface area (Å²) in [4.78, 5) is 4.22. The monoisotopic (exact) mass is 165 g/mol. The van der Waals surface area contributed by atoms with E-state index >= 15 is 0 Å². The molecule has 1 heterocycles. The fraction of sp³-hybridized carbons (Fsp3) is 0.300. The molecule has 2 heteroatoms. The molecule has 1 aromatic rings. The number of rotatable bonds is 1. The molecule has 66 valence electrons. The number of nitrogens with zero attached hydrogens (tertiary/aromatic N) is 1. The molecule has 0 saturated carbocycles. The van der Waals surface area contributed by atoms with E-state index in [9.17, 15) is 0 Å². The van der Waals surface area contributed by atoms with Crippen LogP contribution in [0.25, 0.3) is 0 Å². The van der Waals surface area contributed by atoms with Crippen molar-refractivity contribution in [3.63, 3.8) is 0 Å². The molecule has 0 spiro atoms. The van der Waals surface area contributed by atoms with Gasteiger partial charge in [-0.25, -0.2) is 0 Å². The van der Waals surface area contributed by atoms with Gasteiger partial charge in [0.25, 0.3) is 0 Å². The van der Waals surface area contributed by atoms with Crippen LogP contribution in [0, 0.1) is 13.8 Å². The minimum Gasteiger partial charge on any atom is -0.495 e. The van der Waals surface area contributed by atoms with E-state index < -0.39 is 0 Å². The predicted octanol–water partition coefficient (Wildman–Crippen LogP) is 2.51. The Kier molecular flexibility index (Phi) is 4.77. The molecule has 0 bridgehead atoms. The van der Waals surface area contributed by atoms with Crippen molar-refractivity contribution in [3.05, 3.63) is 36.7 Å². The highest BCUT2D eigenvalue weighted by atomic mass is 16.5. The quantitative estimate of drug-likeness (QED) is 0.596. The van der Waals surface area contributed by atoms with E-state index in [1.165, 1.54) is 0 Å². The summed E-state index contributed by atoms with van der Waals surface area (Å²) in [6, 6.07) is 3.86. The molecule has 1 rings (SSSR count). The van der Waals surface area contributed by atoms with Crippen LogP contribution in [0.5, 0.6) is 5.75 Å². The zero-order chi connectivity index (χ0) is 9.56. The standard InChI is InChI=1S/C8H11NO.C2H4/c1-6-4-5-8(10-3)7(2)9-6;1-2/h4-5H,1-3H3;1-2H2. The molecule has 12 heavy (non-hydrogen) atoms. The lowest BCUT2D eigenvalue weighted by Gasteiger charge is -2.02. The van der Waals surface area contributed by atoms with Gasteiger partial charge in [-0.3, -0.25) is 4.98 Å². The SMILES string of the molecule is C=C.COc1ccc(C)nc1C. The third-order valence-corrected chi connectivity index (χ3v) is 1.40. The molecule has 0 N–H and O–H groups in total. The van der Waals surface area contributed by atoms with Gasteiger partial charge in [-0.15, -0.1) is 13.2 Å². The highest BCUT2D eigenvalue weighted by Gasteiger charge is 1.96. The third kappa shape index (κ3) is 2.74. The van der Waals surface area contributed by atoms with Crippen LogP contribution in [-0.2, 0) is 0 Å². The Hall–Kier alpha value is -1.31. The lowest BCUT2D eigenvalue weighted by molar-refractivity contribution is 0.409. The van der Waals surface area contributed by atoms with Crippen LogP contribution in [0.1, 0.15) is 11.4 Å². The van der Waals surface area contributed by atoms with E-state index in [1.807, 2.05) is 26.0 Å². The second kappa shape index (κ2) is 5.35. The minimum atomic E-state index is 0.852. The Morgan fingerprint density at radius 3 is 2.25 bits per heavy atom. The summed E-state index contributed by atoms with van der Waals surface area (Å²) >= 11 is 0. The predicted molar refractivity (Wildman–Crippen MR) is 51.5 cm³/mol. The van der Waals surface area contributed by atoms with E-state index in [0.29, 0.717) is 0 Å². The molecule has 0 aliphatic carbocycles. The Morgan fingerprint density at radius 2 is 1.83 bits per heavy atom. The van der Waals surface area contributed by atoms with Gasteiger partial charge >= 0.3 is 0 Å². The first-order chi connectivity index (χ1) is 5.74. The van der Waals surface area contributed by atoms with Crippen molar-refractivity contribution in [2.24, 2.45) is 0 Å². The van der Waals surface area contributed by atoms with Crippen molar-refractivity contribution < 1.29 is 4.74 Å². The van der Waals surface area contributed by atoms with E-state index in [4.69, 9.17) is 4.74 Å². The molecule has 0 radical (unpaired) electrons. The van der Waals surface area contributed by atoms with Gasteiger partial charge < -0.3 is 4.74 Å². The first-order valence-corrected chi connectivity index (χ1v) is 3.72. The van der Waals surface area contributed by atoms with E-state index in [-0.39, 0.29) is 0 Å². The Balaban J connectivity index is 0.000000561. The molecule has 2 nitrogen and oxygen atoms in total. The first kappa shape index (κ1) is 10.7. The van der Waals surface area contributed by atoms with Gasteiger partial charge in [0, 0.05) is 5.69 Å². The Morgan fingerprint density at radius 1 is 1.25 bits per heavy atom. The maximum Gasteiger partial charge on any atom is 0.140 e. The summed E-state index contributed by atoms with van der Waals surface area (Å²) in [7, 11) is 1.65. The first-order valence-electron chi connectivity index (χ1n) is 3.72. The van der Waals surface area contributed by atoms with Gasteiger partial charge in [0.05, 0.1) is 12.8 Å². The Labute approximate surface area is 73.9 Å². The fourth-order valence-corrected chi connectivity index (χ4v) is 0.890. The highest BCUT2D eigenvalue weighted by molar-refractivity contribution is 5.27. The number of aryl methyl sites for hydroxylation is 2. The molecule has 1 aromatic heterocycles. The zero-order valence-corrected chi connectivity index (χ0v) is 7.92. The Bertz CT molecular complexity index is 246. The molecule has 0 aliphatic rings. The molecule has 0 amide bonds. The zero-order valence-electron chi connectivity index (χ0n) is 7.92. The van der Waals surface area contributed by atoms with Gasteiger partial charge in [0.1, 0.15) is 5.75 Å². The molecule has 0 saturated heterocycles. The highest BCUT2D eigenvalue weighted by Crippen LogP contribution is 2.13. The number of hydrogen-bond donors (Lipinski definition) is 0. The van der Waals surface area contributed by atoms with Crippen LogP contribution in [0.15, 0.2) is 25.3 Å². The third-order valence-electron chi connectivity index (χ3n) is 1.40. The summed E-state index contributed by atoms with van der Waals surface area (Å²) in [5.41, 5.74) is 1.97. The van der Waals surface area contributed by atoms with E-state index in [1.54, 1.807) is 7.11 Å². The van der Waals surface area contributed by atoms with Crippen LogP contribution in [0.3, 0.4) is 0 Å². The maximum absolute atomic E-state index is 5.04. The normalized spacial score (nSPS) is 8.25. The maximum atomic E-state index is 5.04. The van der Waals surface area contributed by atoms with Gasteiger partial charge in [-0.05, 0) is 26.0 Å². The van der Waals surface area contributed by atoms with Crippen molar-refractivity contribution in [3.8, 4) is 5.75 Å². The van der Waals surface area contributed by atoms with Gasteiger partial charge in [0.15, 0.2) is 0 Å². The lowest BCUT2D eigenvalue weighted by Crippen LogP contribution is -1.91. The molecule has 0 aliphatic heterocycles. The van der Waals surface area contributed by atoms with Gasteiger partial charge in [0.2, 0.25) is 0 Å². The largest absolute Gasteiger partial charge is 0.495 e. The molecule has 0 unspecified atom stereocenters. The van der Waals surface area contributed by atoms with Crippen molar-refractivity contribution in [1.29, 1.82) is 0 Å². The van der Waals surface area contributed by atoms with Gasteiger partial charge in [-0.2, -0.15) is 0 Å². The number of hydrogen-bond acceptors (Lipinski definition) is 2. The van der Waals surface area contributed by atoms with Crippen LogP contribution in [0.4, 0.5) is 0 Å². The number of pyridine rings is 1. The van der Waals surface area contributed by atoms with Crippen molar-refractivity contribution in [2.45, 2.75) is 13.8 Å². The van der Waals surface area contributed by atoms with Crippen LogP contribution in [0.2, 0.25) is 0 Å².